The second kappa shape index (κ2) is 10.3. The first-order valence-electron chi connectivity index (χ1n) is 11.8. The van der Waals surface area contributed by atoms with Crippen LogP contribution < -0.4 is 5.32 Å². The van der Waals surface area contributed by atoms with Crippen LogP contribution in [-0.4, -0.2) is 69.2 Å². The summed E-state index contributed by atoms with van der Waals surface area (Å²) in [5, 5.41) is 12.5. The third-order valence-corrected chi connectivity index (χ3v) is 11.9. The molecule has 3 aromatic rings. The normalized spacial score (nSPS) is 23.3. The number of aromatic nitrogens is 4. The molecule has 3 heterocycles. The van der Waals surface area contributed by atoms with Gasteiger partial charge < -0.3 is 24.5 Å². The number of carbonyl (C=O) groups excluding carboxylic acids is 1. The third-order valence-electron chi connectivity index (χ3n) is 6.94. The zero-order chi connectivity index (χ0) is 27.0. The van der Waals surface area contributed by atoms with E-state index in [1.54, 1.807) is 28.8 Å². The summed E-state index contributed by atoms with van der Waals surface area (Å²) in [6, 6.07) is 8.68. The molecule has 4 rings (SSSR count). The molecule has 3 N–H and O–H groups in total. The van der Waals surface area contributed by atoms with Crippen molar-refractivity contribution in [3.05, 3.63) is 48.5 Å². The van der Waals surface area contributed by atoms with E-state index in [2.05, 4.69) is 41.0 Å². The van der Waals surface area contributed by atoms with Crippen LogP contribution in [0.5, 0.6) is 0 Å². The number of ether oxygens (including phenoxy) is 1. The molecule has 37 heavy (non-hydrogen) atoms. The number of fused-ring (bicyclic) bond motifs is 1. The number of anilines is 1. The van der Waals surface area contributed by atoms with E-state index in [0.717, 1.165) is 0 Å². The molecule has 1 fully saturated rings. The van der Waals surface area contributed by atoms with Crippen LogP contribution in [0.15, 0.2) is 43.0 Å². The highest BCUT2D eigenvalue weighted by Crippen LogP contribution is 2.47. The molecule has 1 aliphatic rings. The Hall–Kier alpha value is -2.51. The predicted octanol–water partition coefficient (Wildman–Crippen LogP) is 2.91. The minimum atomic E-state index is -3.45. The number of aliphatic hydroxyl groups excluding tert-OH is 1. The van der Waals surface area contributed by atoms with Crippen LogP contribution in [0.2, 0.25) is 18.1 Å². The molecular weight excluding hydrogens is 517 g/mol. The summed E-state index contributed by atoms with van der Waals surface area (Å²) < 4.78 is 31.7. The average molecular weight is 550 g/mol. The third kappa shape index (κ3) is 5.25. The Morgan fingerprint density at radius 1 is 1.27 bits per heavy atom. The van der Waals surface area contributed by atoms with Gasteiger partial charge in [0, 0.05) is 5.56 Å². The zero-order valence-electron chi connectivity index (χ0n) is 21.3. The van der Waals surface area contributed by atoms with Crippen molar-refractivity contribution in [1.82, 2.24) is 19.5 Å². The highest BCUT2D eigenvalue weighted by atomic mass is 31.1. The van der Waals surface area contributed by atoms with Gasteiger partial charge in [0.15, 0.2) is 31.0 Å². The van der Waals surface area contributed by atoms with Crippen molar-refractivity contribution < 1.29 is 33.0 Å². The summed E-state index contributed by atoms with van der Waals surface area (Å²) in [5.74, 6) is -0.182. The van der Waals surface area contributed by atoms with Crippen molar-refractivity contribution in [1.29, 1.82) is 0 Å². The van der Waals surface area contributed by atoms with Crippen molar-refractivity contribution >= 4 is 39.5 Å². The fourth-order valence-corrected chi connectivity index (χ4v) is 6.04. The fraction of sp³-hybridized carbons (Fsp3) is 0.478. The van der Waals surface area contributed by atoms with Gasteiger partial charge in [-0.1, -0.05) is 39.0 Å². The first-order valence-corrected chi connectivity index (χ1v) is 15.9. The molecule has 1 amide bonds. The first kappa shape index (κ1) is 27.5. The molecule has 12 nitrogen and oxygen atoms in total. The highest BCUT2D eigenvalue weighted by molar-refractivity contribution is 7.32. The largest absolute Gasteiger partial charge is 0.394 e. The second-order valence-corrected chi connectivity index (χ2v) is 15.9. The maximum atomic E-state index is 12.8. The monoisotopic (exact) mass is 549 g/mol. The van der Waals surface area contributed by atoms with E-state index in [1.165, 1.54) is 12.7 Å². The Bertz CT molecular complexity index is 1300. The second-order valence-electron chi connectivity index (χ2n) is 10.4. The van der Waals surface area contributed by atoms with E-state index in [0.29, 0.717) is 11.2 Å². The van der Waals surface area contributed by atoms with Gasteiger partial charge in [-0.05, 0) is 30.3 Å². The lowest BCUT2D eigenvalue weighted by atomic mass is 10.1. The van der Waals surface area contributed by atoms with Crippen LogP contribution in [0.25, 0.3) is 11.2 Å². The van der Waals surface area contributed by atoms with Crippen molar-refractivity contribution in [2.75, 3.05) is 18.5 Å². The summed E-state index contributed by atoms with van der Waals surface area (Å²) in [4.78, 5) is 35.6. The fourth-order valence-electron chi connectivity index (χ4n) is 4.02. The minimum Gasteiger partial charge on any atom is -0.394 e. The van der Waals surface area contributed by atoms with Gasteiger partial charge in [0.25, 0.3) is 5.91 Å². The number of nitrogens with one attached hydrogen (secondary N) is 1. The summed E-state index contributed by atoms with van der Waals surface area (Å²) in [7, 11) is -6.03. The zero-order valence-corrected chi connectivity index (χ0v) is 23.3. The van der Waals surface area contributed by atoms with Gasteiger partial charge in [-0.3, -0.25) is 18.5 Å². The Labute approximate surface area is 216 Å². The van der Waals surface area contributed by atoms with Crippen molar-refractivity contribution in [3.63, 3.8) is 0 Å². The standard InChI is InChI=1S/C23H32N5O7PSi/c1-22(2,3)37(4,5)35-23(12-33-16(11-29)18(23)34-36(31)32)28-14-26-17-19(24-13-25-20(17)28)27-21(30)15-9-7-6-8-10-15/h6-10,13-14,16,18,29,36H,11-12H2,1-5H3,(H,31,32)(H,24,25,27,30)/t16-,18-,23+/m1/s1. The number of nitrogens with zero attached hydrogens (tertiary/aromatic N) is 4. The number of rotatable bonds is 8. The molecule has 0 radical (unpaired) electrons. The van der Waals surface area contributed by atoms with Crippen LogP contribution in [0, 0.1) is 0 Å². The number of benzene rings is 1. The van der Waals surface area contributed by atoms with E-state index >= 15 is 0 Å². The van der Waals surface area contributed by atoms with Crippen molar-refractivity contribution in [3.8, 4) is 0 Å². The van der Waals surface area contributed by atoms with Gasteiger partial charge in [0.1, 0.15) is 18.5 Å². The predicted molar refractivity (Wildman–Crippen MR) is 139 cm³/mol. The molecule has 1 saturated heterocycles. The molecule has 1 unspecified atom stereocenters. The number of imidazole rings is 1. The Kier molecular flexibility index (Phi) is 7.68. The smallest absolute Gasteiger partial charge is 0.317 e. The maximum Gasteiger partial charge on any atom is 0.317 e. The van der Waals surface area contributed by atoms with Crippen LogP contribution in [-0.2, 0) is 24.0 Å². The maximum absolute atomic E-state index is 12.8. The Balaban J connectivity index is 1.84. The van der Waals surface area contributed by atoms with Gasteiger partial charge in [-0.15, -0.1) is 0 Å². The number of hydrogen-bond donors (Lipinski definition) is 3. The lowest BCUT2D eigenvalue weighted by Crippen LogP contribution is -2.57. The topological polar surface area (TPSA) is 158 Å². The molecule has 2 aromatic heterocycles. The molecule has 0 aliphatic carbocycles. The molecule has 14 heteroatoms. The molecule has 1 aromatic carbocycles. The van der Waals surface area contributed by atoms with Crippen molar-refractivity contribution in [2.45, 2.75) is 56.8 Å². The highest BCUT2D eigenvalue weighted by Gasteiger charge is 2.58. The summed E-state index contributed by atoms with van der Waals surface area (Å²) in [6.07, 6.45) is 0.671. The van der Waals surface area contributed by atoms with Gasteiger partial charge >= 0.3 is 8.25 Å². The van der Waals surface area contributed by atoms with Crippen LogP contribution in [0.4, 0.5) is 5.82 Å². The summed E-state index contributed by atoms with van der Waals surface area (Å²) in [6.45, 7) is 9.68. The van der Waals surface area contributed by atoms with Gasteiger partial charge in [0.2, 0.25) is 0 Å². The lowest BCUT2D eigenvalue weighted by Gasteiger charge is -2.46. The average Bonchev–Trinajstić information content (AvgIpc) is 3.41. The van der Waals surface area contributed by atoms with Crippen LogP contribution in [0.1, 0.15) is 31.1 Å². The van der Waals surface area contributed by atoms with Gasteiger partial charge in [0.05, 0.1) is 19.5 Å². The molecule has 0 spiro atoms. The van der Waals surface area contributed by atoms with E-state index in [-0.39, 0.29) is 28.9 Å². The van der Waals surface area contributed by atoms with Gasteiger partial charge in [-0.25, -0.2) is 15.0 Å². The van der Waals surface area contributed by atoms with Crippen LogP contribution in [0.3, 0.4) is 0 Å². The lowest BCUT2D eigenvalue weighted by molar-refractivity contribution is -0.0873. The Morgan fingerprint density at radius 2 is 1.97 bits per heavy atom. The Morgan fingerprint density at radius 3 is 2.59 bits per heavy atom. The summed E-state index contributed by atoms with van der Waals surface area (Å²) in [5.41, 5.74) is -0.440. The van der Waals surface area contributed by atoms with E-state index in [1.807, 2.05) is 19.2 Å². The molecule has 4 atom stereocenters. The van der Waals surface area contributed by atoms with E-state index in [9.17, 15) is 19.4 Å². The van der Waals surface area contributed by atoms with Gasteiger partial charge in [-0.2, -0.15) is 0 Å². The quantitative estimate of drug-likeness (QED) is 0.282. The van der Waals surface area contributed by atoms with Crippen LogP contribution >= 0.6 is 8.25 Å². The van der Waals surface area contributed by atoms with Crippen molar-refractivity contribution in [2.24, 2.45) is 0 Å². The number of aliphatic hydroxyl groups is 1. The molecule has 0 saturated carbocycles. The van der Waals surface area contributed by atoms with E-state index in [4.69, 9.17) is 13.7 Å². The summed E-state index contributed by atoms with van der Waals surface area (Å²) >= 11 is 0. The first-order chi connectivity index (χ1) is 17.4. The minimum absolute atomic E-state index is 0.0915. The molecule has 1 aliphatic heterocycles. The number of carbonyl (C=O) groups is 1. The molecular formula is C23H32N5O7PSi. The number of hydrogen-bond acceptors (Lipinski definition) is 9. The SMILES string of the molecule is CC(C)(C)[Si](C)(C)O[C@@]1(n2cnc3c(NC(=O)c4ccccc4)ncnc32)CO[C@H](CO)[C@H]1O[PH](=O)O. The van der Waals surface area contributed by atoms with E-state index < -0.39 is 41.1 Å². The molecule has 200 valence electrons. The number of amides is 1. The molecule has 0 bridgehead atoms.